The fourth-order valence-corrected chi connectivity index (χ4v) is 9.69. The van der Waals surface area contributed by atoms with Gasteiger partial charge in [-0.05, 0) is 114 Å². The highest BCUT2D eigenvalue weighted by Gasteiger charge is 2.45. The first-order chi connectivity index (χ1) is 30.2. The molecule has 5 atom stereocenters. The second-order valence-corrected chi connectivity index (χ2v) is 16.4. The van der Waals surface area contributed by atoms with E-state index < -0.39 is 24.3 Å². The van der Waals surface area contributed by atoms with Crippen LogP contribution in [0.25, 0.3) is 55.1 Å². The number of nitrogens with one attached hydrogen (secondary N) is 4. The van der Waals surface area contributed by atoms with Gasteiger partial charge in [0.15, 0.2) is 0 Å². The number of nitrogens with zero attached hydrogens (tertiary/aromatic N) is 4. The van der Waals surface area contributed by atoms with Crippen LogP contribution in [0.1, 0.15) is 73.9 Å². The number of methoxy groups -OCH3 is 2. The molecule has 14 nitrogen and oxygen atoms in total. The molecule has 7 aromatic rings. The molecule has 3 fully saturated rings. The van der Waals surface area contributed by atoms with E-state index in [9.17, 15) is 19.2 Å². The summed E-state index contributed by atoms with van der Waals surface area (Å²) in [5.41, 5.74) is 8.37. The Labute approximate surface area is 357 Å². The van der Waals surface area contributed by atoms with Crippen molar-refractivity contribution in [3.05, 3.63) is 120 Å². The fraction of sp³-hybridized carbons (Fsp3) is 0.292. The molecular formula is C48H46N8O6. The van der Waals surface area contributed by atoms with Crippen LogP contribution in [0.3, 0.4) is 0 Å². The number of piperidine rings is 1. The average Bonchev–Trinajstić information content (AvgIpc) is 4.13. The van der Waals surface area contributed by atoms with Gasteiger partial charge in [-0.15, -0.1) is 0 Å². The van der Waals surface area contributed by atoms with E-state index in [-0.39, 0.29) is 29.9 Å². The summed E-state index contributed by atoms with van der Waals surface area (Å²) in [6.07, 6.45) is 3.45. The Hall–Kier alpha value is -7.22. The Morgan fingerprint density at radius 1 is 0.677 bits per heavy atom. The van der Waals surface area contributed by atoms with Gasteiger partial charge in [0.1, 0.15) is 23.7 Å². The SMILES string of the molecule is COC(=O)N[C@H]1CC[C@H]2CC[C@@H](c3nc4ccc(-c5ccc6cc(-c7ccc8nc([C@@H]9CCCN9C(=O)[C@H](NC(=O)OC)c9ccccc9)[nH]c8c7)ccc6c5)cc4[nH]3)N2C1=O. The van der Waals surface area contributed by atoms with Crippen molar-refractivity contribution in [3.63, 3.8) is 0 Å². The number of imidazole rings is 2. The van der Waals surface area contributed by atoms with Gasteiger partial charge in [0.2, 0.25) is 5.91 Å². The minimum atomic E-state index is -0.883. The van der Waals surface area contributed by atoms with Gasteiger partial charge in [0.05, 0.1) is 48.4 Å². The molecule has 3 aliphatic heterocycles. The number of benzene rings is 5. The smallest absolute Gasteiger partial charge is 0.407 e. The Kier molecular flexibility index (Phi) is 10.0. The van der Waals surface area contributed by atoms with Crippen molar-refractivity contribution in [3.8, 4) is 22.3 Å². The predicted molar refractivity (Wildman–Crippen MR) is 234 cm³/mol. The van der Waals surface area contributed by atoms with Gasteiger partial charge in [0.25, 0.3) is 5.91 Å². The quantitative estimate of drug-likeness (QED) is 0.119. The number of H-pyrrole nitrogens is 2. The Bertz CT molecular complexity index is 2870. The lowest BCUT2D eigenvalue weighted by Crippen LogP contribution is -2.54. The number of hydrogen-bond acceptors (Lipinski definition) is 8. The molecule has 0 aliphatic carbocycles. The van der Waals surface area contributed by atoms with E-state index in [1.165, 1.54) is 14.2 Å². The van der Waals surface area contributed by atoms with Crippen LogP contribution in [0.4, 0.5) is 9.59 Å². The lowest BCUT2D eigenvalue weighted by atomic mass is 9.97. The van der Waals surface area contributed by atoms with Gasteiger partial charge in [-0.3, -0.25) is 9.59 Å². The van der Waals surface area contributed by atoms with E-state index in [2.05, 4.69) is 81.3 Å². The third-order valence-electron chi connectivity index (χ3n) is 12.8. The second kappa shape index (κ2) is 16.0. The van der Waals surface area contributed by atoms with E-state index in [4.69, 9.17) is 19.4 Å². The van der Waals surface area contributed by atoms with Gasteiger partial charge in [-0.1, -0.05) is 66.7 Å². The van der Waals surface area contributed by atoms with Gasteiger partial charge in [-0.25, -0.2) is 19.6 Å². The van der Waals surface area contributed by atoms with Crippen molar-refractivity contribution >= 4 is 56.8 Å². The zero-order valence-electron chi connectivity index (χ0n) is 34.4. The molecule has 4 N–H and O–H groups in total. The molecule has 3 aliphatic rings. The largest absolute Gasteiger partial charge is 0.453 e. The van der Waals surface area contributed by atoms with Crippen LogP contribution >= 0.6 is 0 Å². The maximum Gasteiger partial charge on any atom is 0.407 e. The molecule has 0 radical (unpaired) electrons. The Morgan fingerprint density at radius 3 is 1.89 bits per heavy atom. The van der Waals surface area contributed by atoms with Crippen molar-refractivity contribution < 1.29 is 28.7 Å². The number of likely N-dealkylation sites (tertiary alicyclic amines) is 1. The van der Waals surface area contributed by atoms with Gasteiger partial charge in [0, 0.05) is 12.6 Å². The van der Waals surface area contributed by atoms with Crippen molar-refractivity contribution in [2.75, 3.05) is 20.8 Å². The van der Waals surface area contributed by atoms with Crippen molar-refractivity contribution in [1.82, 2.24) is 40.4 Å². The molecule has 0 unspecified atom stereocenters. The summed E-state index contributed by atoms with van der Waals surface area (Å²) >= 11 is 0. The summed E-state index contributed by atoms with van der Waals surface area (Å²) in [5.74, 6) is 1.19. The number of aromatic amines is 2. The summed E-state index contributed by atoms with van der Waals surface area (Å²) in [6.45, 7) is 0.554. The molecule has 0 spiro atoms. The first-order valence-corrected chi connectivity index (χ1v) is 21.1. The van der Waals surface area contributed by atoms with E-state index in [1.54, 1.807) is 4.90 Å². The Morgan fingerprint density at radius 2 is 1.26 bits per heavy atom. The van der Waals surface area contributed by atoms with Crippen LogP contribution in [0.2, 0.25) is 0 Å². The summed E-state index contributed by atoms with van der Waals surface area (Å²) in [5, 5.41) is 7.65. The van der Waals surface area contributed by atoms with Crippen LogP contribution in [0, 0.1) is 0 Å². The maximum atomic E-state index is 14.0. The molecule has 5 heterocycles. The van der Waals surface area contributed by atoms with Crippen molar-refractivity contribution in [2.24, 2.45) is 0 Å². The first kappa shape index (κ1) is 38.9. The fourth-order valence-electron chi connectivity index (χ4n) is 9.69. The summed E-state index contributed by atoms with van der Waals surface area (Å²) in [7, 11) is 2.59. The number of hydrogen-bond donors (Lipinski definition) is 4. The van der Waals surface area contributed by atoms with Crippen LogP contribution in [0.15, 0.2) is 103 Å². The lowest BCUT2D eigenvalue weighted by molar-refractivity contribution is -0.139. The number of alkyl carbamates (subject to hydrolysis) is 2. The van der Waals surface area contributed by atoms with E-state index in [1.807, 2.05) is 47.4 Å². The van der Waals surface area contributed by atoms with Crippen LogP contribution < -0.4 is 10.6 Å². The first-order valence-electron chi connectivity index (χ1n) is 21.1. The molecule has 2 aromatic heterocycles. The van der Waals surface area contributed by atoms with Gasteiger partial charge < -0.3 is 39.9 Å². The average molecular weight is 831 g/mol. The highest BCUT2D eigenvalue weighted by molar-refractivity contribution is 5.94. The third kappa shape index (κ3) is 7.14. The number of aromatic nitrogens is 4. The number of amides is 4. The van der Waals surface area contributed by atoms with E-state index in [0.717, 1.165) is 98.8 Å². The van der Waals surface area contributed by atoms with Gasteiger partial charge in [-0.2, -0.15) is 0 Å². The second-order valence-electron chi connectivity index (χ2n) is 16.4. The van der Waals surface area contributed by atoms with Crippen molar-refractivity contribution in [1.29, 1.82) is 0 Å². The van der Waals surface area contributed by atoms with Crippen molar-refractivity contribution in [2.45, 2.75) is 68.7 Å². The monoisotopic (exact) mass is 830 g/mol. The number of carbonyl (C=O) groups is 4. The summed E-state index contributed by atoms with van der Waals surface area (Å²) < 4.78 is 9.61. The number of carbonyl (C=O) groups excluding carboxylic acids is 4. The maximum absolute atomic E-state index is 14.0. The topological polar surface area (TPSA) is 175 Å². The standard InChI is InChI=1S/C48H46N8O6/c1-61-47(59)53-37-20-16-34-17-21-41(56(34)45(37)57)44-50-36-19-15-33(26-39(36)52-44)31-13-11-28-23-30(12-10-29(28)24-31)32-14-18-35-38(25-32)51-43(49-35)40-9-6-22-55(40)46(58)42(54-48(60)62-2)27-7-4-3-5-8-27/h3-5,7-8,10-15,18-19,23-26,34,37,40-42H,6,9,16-17,20-22H2,1-2H3,(H,49,51)(H,50,52)(H,53,59)(H,54,60)/t34-,37-,40-,41-,42+/m0/s1. The molecule has 14 heteroatoms. The molecule has 0 saturated carbocycles. The molecule has 3 saturated heterocycles. The number of fused-ring (bicyclic) bond motifs is 4. The van der Waals surface area contributed by atoms with Crippen LogP contribution in [0.5, 0.6) is 0 Å². The van der Waals surface area contributed by atoms with E-state index in [0.29, 0.717) is 18.5 Å². The van der Waals surface area contributed by atoms with E-state index >= 15 is 0 Å². The minimum absolute atomic E-state index is 0.0859. The lowest BCUT2D eigenvalue weighted by Gasteiger charge is -2.37. The summed E-state index contributed by atoms with van der Waals surface area (Å²) in [4.78, 5) is 72.3. The molecule has 0 bridgehead atoms. The molecule has 314 valence electrons. The minimum Gasteiger partial charge on any atom is -0.453 e. The highest BCUT2D eigenvalue weighted by Crippen LogP contribution is 2.41. The third-order valence-corrected chi connectivity index (χ3v) is 12.8. The molecule has 62 heavy (non-hydrogen) atoms. The zero-order chi connectivity index (χ0) is 42.5. The van der Waals surface area contributed by atoms with Gasteiger partial charge >= 0.3 is 12.2 Å². The zero-order valence-corrected chi connectivity index (χ0v) is 34.4. The Balaban J connectivity index is 0.863. The van der Waals surface area contributed by atoms with Crippen LogP contribution in [-0.2, 0) is 19.1 Å². The highest BCUT2D eigenvalue weighted by atomic mass is 16.5. The molecular weight excluding hydrogens is 785 g/mol. The number of ether oxygens (including phenoxy) is 2. The number of rotatable bonds is 8. The predicted octanol–water partition coefficient (Wildman–Crippen LogP) is 8.24. The molecule has 10 rings (SSSR count). The normalized spacial score (nSPS) is 20.4. The summed E-state index contributed by atoms with van der Waals surface area (Å²) in [6, 6.07) is 32.8. The molecule has 4 amide bonds. The molecule has 5 aromatic carbocycles. The van der Waals surface area contributed by atoms with Crippen LogP contribution in [-0.4, -0.2) is 86.6 Å².